The number of hydrogen-bond acceptors (Lipinski definition) is 6. The van der Waals surface area contributed by atoms with Crippen LogP contribution in [0.2, 0.25) is 0 Å². The van der Waals surface area contributed by atoms with Crippen LogP contribution in [0.4, 0.5) is 0 Å². The summed E-state index contributed by atoms with van der Waals surface area (Å²) < 4.78 is 26.2. The first-order valence-corrected chi connectivity index (χ1v) is 20.1. The quantitative estimate of drug-likeness (QED) is 0.0301. The molecule has 1 atom stereocenters. The summed E-state index contributed by atoms with van der Waals surface area (Å²) in [7, 11) is -4.76. The highest BCUT2D eigenvalue weighted by Crippen LogP contribution is 2.35. The van der Waals surface area contributed by atoms with Crippen molar-refractivity contribution < 1.29 is 37.9 Å². The number of allylic oxidation sites excluding steroid dienone is 10. The molecule has 0 aromatic carbocycles. The average molecular weight is 695 g/mol. The Morgan fingerprint density at radius 2 is 0.979 bits per heavy atom. The Morgan fingerprint density at radius 1 is 0.542 bits per heavy atom. The maximum Gasteiger partial charge on any atom is 0.469 e. The molecule has 9 heteroatoms. The summed E-state index contributed by atoms with van der Waals surface area (Å²) in [6.45, 7) is 3.56. The molecule has 0 aliphatic rings. The van der Waals surface area contributed by atoms with Gasteiger partial charge >= 0.3 is 19.8 Å². The molecule has 0 unspecified atom stereocenters. The van der Waals surface area contributed by atoms with E-state index in [1.165, 1.54) is 70.6 Å². The van der Waals surface area contributed by atoms with Crippen molar-refractivity contribution in [3.63, 3.8) is 0 Å². The van der Waals surface area contributed by atoms with Gasteiger partial charge in [-0.05, 0) is 51.4 Å². The van der Waals surface area contributed by atoms with Crippen molar-refractivity contribution in [2.24, 2.45) is 0 Å². The Balaban J connectivity index is 4.11. The molecule has 0 aliphatic heterocycles. The maximum atomic E-state index is 12.3. The van der Waals surface area contributed by atoms with E-state index in [1.54, 1.807) is 0 Å². The SMILES string of the molecule is CCCCC/C=C\C/C=C\C/C=C\C/C=C\C/C=C\CCC(=O)OC[C@H](COP(=O)(O)O)OC(=O)CCCCCCCCCCCCC. The first-order valence-electron chi connectivity index (χ1n) is 18.6. The van der Waals surface area contributed by atoms with Crippen molar-refractivity contribution in [1.82, 2.24) is 0 Å². The third-order valence-corrected chi connectivity index (χ3v) is 8.04. The third kappa shape index (κ3) is 36.6. The topological polar surface area (TPSA) is 119 Å². The molecule has 0 aliphatic carbocycles. The summed E-state index contributed by atoms with van der Waals surface area (Å²) in [5, 5.41) is 0. The van der Waals surface area contributed by atoms with Gasteiger partial charge in [-0.2, -0.15) is 0 Å². The lowest BCUT2D eigenvalue weighted by Crippen LogP contribution is -2.29. The summed E-state index contributed by atoms with van der Waals surface area (Å²) in [5.74, 6) is -0.985. The molecule has 276 valence electrons. The smallest absolute Gasteiger partial charge is 0.462 e. The van der Waals surface area contributed by atoms with E-state index in [-0.39, 0.29) is 19.4 Å². The van der Waals surface area contributed by atoms with Gasteiger partial charge in [-0.3, -0.25) is 14.1 Å². The second kappa shape index (κ2) is 34.6. The summed E-state index contributed by atoms with van der Waals surface area (Å²) in [5.41, 5.74) is 0. The fourth-order valence-corrected chi connectivity index (χ4v) is 5.13. The van der Waals surface area contributed by atoms with Gasteiger partial charge in [-0.1, -0.05) is 152 Å². The minimum atomic E-state index is -4.76. The van der Waals surface area contributed by atoms with Gasteiger partial charge in [0.2, 0.25) is 0 Å². The Bertz CT molecular complexity index is 963. The molecule has 0 rings (SSSR count). The molecule has 0 bridgehead atoms. The van der Waals surface area contributed by atoms with Gasteiger partial charge in [0.1, 0.15) is 6.61 Å². The number of rotatable bonds is 33. The predicted molar refractivity (Wildman–Crippen MR) is 197 cm³/mol. The second-order valence-electron chi connectivity index (χ2n) is 12.2. The molecule has 0 aromatic heterocycles. The van der Waals surface area contributed by atoms with Gasteiger partial charge < -0.3 is 19.3 Å². The predicted octanol–water partition coefficient (Wildman–Crippen LogP) is 11.0. The first kappa shape index (κ1) is 45.8. The molecule has 0 amide bonds. The van der Waals surface area contributed by atoms with Crippen LogP contribution in [0.5, 0.6) is 0 Å². The average Bonchev–Trinajstić information content (AvgIpc) is 3.05. The van der Waals surface area contributed by atoms with E-state index in [0.717, 1.165) is 44.9 Å². The molecule has 8 nitrogen and oxygen atoms in total. The van der Waals surface area contributed by atoms with Crippen LogP contribution in [0.1, 0.15) is 155 Å². The van der Waals surface area contributed by atoms with Crippen molar-refractivity contribution in [2.75, 3.05) is 13.2 Å². The van der Waals surface area contributed by atoms with Gasteiger partial charge in [0.05, 0.1) is 6.61 Å². The summed E-state index contributed by atoms with van der Waals surface area (Å²) in [6.07, 6.45) is 42.4. The highest BCUT2D eigenvalue weighted by molar-refractivity contribution is 7.46. The molecule has 48 heavy (non-hydrogen) atoms. The van der Waals surface area contributed by atoms with Crippen LogP contribution in [-0.4, -0.2) is 41.0 Å². The van der Waals surface area contributed by atoms with Gasteiger partial charge in [0.25, 0.3) is 0 Å². The molecule has 0 heterocycles. The van der Waals surface area contributed by atoms with E-state index in [1.807, 2.05) is 12.2 Å². The number of phosphoric acid groups is 1. The number of unbranched alkanes of at least 4 members (excludes halogenated alkanes) is 13. The fourth-order valence-electron chi connectivity index (χ4n) is 4.77. The van der Waals surface area contributed by atoms with Crippen LogP contribution in [0, 0.1) is 0 Å². The second-order valence-corrected chi connectivity index (χ2v) is 13.4. The highest BCUT2D eigenvalue weighted by atomic mass is 31.2. The minimum Gasteiger partial charge on any atom is -0.462 e. The lowest BCUT2D eigenvalue weighted by Gasteiger charge is -2.18. The minimum absolute atomic E-state index is 0.143. The summed E-state index contributed by atoms with van der Waals surface area (Å²) >= 11 is 0. The van der Waals surface area contributed by atoms with Gasteiger partial charge in [0, 0.05) is 12.8 Å². The number of esters is 2. The number of ether oxygens (including phenoxy) is 2. The normalized spacial score (nSPS) is 13.2. The third-order valence-electron chi connectivity index (χ3n) is 7.55. The lowest BCUT2D eigenvalue weighted by atomic mass is 10.1. The van der Waals surface area contributed by atoms with E-state index in [9.17, 15) is 14.2 Å². The van der Waals surface area contributed by atoms with Crippen molar-refractivity contribution in [1.29, 1.82) is 0 Å². The van der Waals surface area contributed by atoms with Crippen LogP contribution in [0.15, 0.2) is 60.8 Å². The standard InChI is InChI=1S/C39H67O8P/c1-3-5-7-9-11-13-15-16-17-18-19-20-21-22-24-25-27-29-31-33-38(40)45-35-37(36-46-48(42,43)44)47-39(41)34-32-30-28-26-23-14-12-10-8-6-4-2/h11,13,16-17,19-20,22,24,27,29,37H,3-10,12,14-15,18,21,23,25-26,28,30-36H2,1-2H3,(H2,42,43,44)/b13-11-,17-16-,20-19-,24-22-,29-27-/t37-/m1/s1. The zero-order chi connectivity index (χ0) is 35.4. The van der Waals surface area contributed by atoms with Crippen molar-refractivity contribution in [3.05, 3.63) is 60.8 Å². The molecule has 2 N–H and O–H groups in total. The van der Waals surface area contributed by atoms with Gasteiger partial charge in [0.15, 0.2) is 6.10 Å². The van der Waals surface area contributed by atoms with Crippen molar-refractivity contribution in [2.45, 2.75) is 161 Å². The van der Waals surface area contributed by atoms with E-state index in [4.69, 9.17) is 19.3 Å². The van der Waals surface area contributed by atoms with Crippen molar-refractivity contribution >= 4 is 19.8 Å². The number of carbonyl (C=O) groups excluding carboxylic acids is 2. The van der Waals surface area contributed by atoms with Crippen LogP contribution in [0.3, 0.4) is 0 Å². The number of carbonyl (C=O) groups is 2. The van der Waals surface area contributed by atoms with Crippen LogP contribution in [-0.2, 0) is 28.2 Å². The molecule has 0 saturated carbocycles. The highest BCUT2D eigenvalue weighted by Gasteiger charge is 2.22. The van der Waals surface area contributed by atoms with Gasteiger partial charge in [-0.15, -0.1) is 0 Å². The fraction of sp³-hybridized carbons (Fsp3) is 0.692. The molecule has 0 aromatic rings. The van der Waals surface area contributed by atoms with E-state index in [2.05, 4.69) is 67.0 Å². The number of hydrogen-bond donors (Lipinski definition) is 2. The molecule has 0 radical (unpaired) electrons. The zero-order valence-electron chi connectivity index (χ0n) is 30.1. The lowest BCUT2D eigenvalue weighted by molar-refractivity contribution is -0.161. The van der Waals surface area contributed by atoms with Crippen LogP contribution in [0.25, 0.3) is 0 Å². The first-order chi connectivity index (χ1) is 23.3. The maximum absolute atomic E-state index is 12.3. The molecule has 0 fully saturated rings. The molecular formula is C39H67O8P. The molecule has 0 spiro atoms. The summed E-state index contributed by atoms with van der Waals surface area (Å²) in [4.78, 5) is 42.6. The van der Waals surface area contributed by atoms with Gasteiger partial charge in [-0.25, -0.2) is 4.57 Å². The Kier molecular flexibility index (Phi) is 33.0. The van der Waals surface area contributed by atoms with E-state index in [0.29, 0.717) is 12.8 Å². The summed E-state index contributed by atoms with van der Waals surface area (Å²) in [6, 6.07) is 0. The Hall–Kier alpha value is -2.25. The van der Waals surface area contributed by atoms with Crippen LogP contribution < -0.4 is 0 Å². The molecule has 0 saturated heterocycles. The monoisotopic (exact) mass is 694 g/mol. The largest absolute Gasteiger partial charge is 0.469 e. The van der Waals surface area contributed by atoms with E-state index >= 15 is 0 Å². The zero-order valence-corrected chi connectivity index (χ0v) is 31.0. The van der Waals surface area contributed by atoms with Crippen molar-refractivity contribution in [3.8, 4) is 0 Å². The van der Waals surface area contributed by atoms with E-state index < -0.39 is 32.5 Å². The number of phosphoric ester groups is 1. The Morgan fingerprint density at radius 3 is 1.48 bits per heavy atom. The molecular weight excluding hydrogens is 627 g/mol. The van der Waals surface area contributed by atoms with Crippen LogP contribution >= 0.6 is 7.82 Å². The Labute approximate surface area is 292 Å².